The molecule has 1 fully saturated rings. The molecule has 0 bridgehead atoms. The second kappa shape index (κ2) is 7.96. The van der Waals surface area contributed by atoms with E-state index in [0.29, 0.717) is 17.1 Å². The first-order valence-corrected chi connectivity index (χ1v) is 10.4. The maximum Gasteiger partial charge on any atom is 0.254 e. The molecule has 0 spiro atoms. The molecule has 28 heavy (non-hydrogen) atoms. The van der Waals surface area contributed by atoms with E-state index in [2.05, 4.69) is 12.2 Å². The van der Waals surface area contributed by atoms with Gasteiger partial charge >= 0.3 is 0 Å². The number of hydrogen-bond acceptors (Lipinski definition) is 2. The van der Waals surface area contributed by atoms with Gasteiger partial charge in [0, 0.05) is 23.2 Å². The van der Waals surface area contributed by atoms with Crippen molar-refractivity contribution in [3.63, 3.8) is 0 Å². The summed E-state index contributed by atoms with van der Waals surface area (Å²) in [5.41, 5.74) is 2.35. The minimum absolute atomic E-state index is 0.00563. The van der Waals surface area contributed by atoms with Crippen molar-refractivity contribution in [2.24, 2.45) is 0 Å². The van der Waals surface area contributed by atoms with Crippen molar-refractivity contribution in [3.05, 3.63) is 70.2 Å². The predicted octanol–water partition coefficient (Wildman–Crippen LogP) is 4.70. The first-order chi connectivity index (χ1) is 13.6. The summed E-state index contributed by atoms with van der Waals surface area (Å²) in [6.45, 7) is 2.72. The van der Waals surface area contributed by atoms with E-state index in [-0.39, 0.29) is 23.9 Å². The number of amides is 2. The molecule has 2 aliphatic rings. The highest BCUT2D eigenvalue weighted by Gasteiger charge is 2.44. The first-order valence-electron chi connectivity index (χ1n) is 10.1. The van der Waals surface area contributed by atoms with Crippen molar-refractivity contribution in [1.82, 2.24) is 10.2 Å². The van der Waals surface area contributed by atoms with Gasteiger partial charge < -0.3 is 10.2 Å². The van der Waals surface area contributed by atoms with E-state index in [1.807, 2.05) is 53.4 Å². The second-order valence-electron chi connectivity index (χ2n) is 7.70. The van der Waals surface area contributed by atoms with Crippen LogP contribution < -0.4 is 5.32 Å². The van der Waals surface area contributed by atoms with Crippen molar-refractivity contribution in [1.29, 1.82) is 0 Å². The molecule has 4 nitrogen and oxygen atoms in total. The Morgan fingerprint density at radius 3 is 2.68 bits per heavy atom. The van der Waals surface area contributed by atoms with Gasteiger partial charge in [-0.05, 0) is 48.6 Å². The summed E-state index contributed by atoms with van der Waals surface area (Å²) in [4.78, 5) is 28.5. The van der Waals surface area contributed by atoms with E-state index in [9.17, 15) is 9.59 Å². The van der Waals surface area contributed by atoms with Gasteiger partial charge in [0.25, 0.3) is 5.91 Å². The normalized spacial score (nSPS) is 21.4. The molecule has 5 heteroatoms. The Bertz CT molecular complexity index is 894. The van der Waals surface area contributed by atoms with Crippen LogP contribution in [0.4, 0.5) is 0 Å². The van der Waals surface area contributed by atoms with E-state index >= 15 is 0 Å². The van der Waals surface area contributed by atoms with E-state index in [4.69, 9.17) is 11.6 Å². The fourth-order valence-electron chi connectivity index (χ4n) is 4.03. The fourth-order valence-corrected chi connectivity index (χ4v) is 4.23. The lowest BCUT2D eigenvalue weighted by atomic mass is 9.79. The van der Waals surface area contributed by atoms with Crippen LogP contribution in [0.5, 0.6) is 0 Å². The average molecular weight is 397 g/mol. The van der Waals surface area contributed by atoms with Gasteiger partial charge in [-0.25, -0.2) is 0 Å². The quantitative estimate of drug-likeness (QED) is 0.769. The highest BCUT2D eigenvalue weighted by atomic mass is 35.5. The van der Waals surface area contributed by atoms with Crippen LogP contribution in [0, 0.1) is 0 Å². The number of hydrogen-bond donors (Lipinski definition) is 1. The minimum atomic E-state index is -0.440. The largest absolute Gasteiger partial charge is 0.353 e. The number of rotatable bonds is 6. The minimum Gasteiger partial charge on any atom is -0.353 e. The third kappa shape index (κ3) is 3.66. The molecule has 4 rings (SSSR count). The van der Waals surface area contributed by atoms with E-state index < -0.39 is 5.92 Å². The molecule has 1 heterocycles. The predicted molar refractivity (Wildman–Crippen MR) is 110 cm³/mol. The lowest BCUT2D eigenvalue weighted by Crippen LogP contribution is -2.48. The van der Waals surface area contributed by atoms with Crippen LogP contribution in [0.25, 0.3) is 0 Å². The smallest absolute Gasteiger partial charge is 0.254 e. The number of halogens is 1. The standard InChI is InChI=1S/C23H25ClN2O2/c1-2-3-13-26-21(15-7-6-8-16(24)14-15)20(22(27)25-17-11-12-17)18-9-4-5-10-19(18)23(26)28/h4-10,14,17,20-21H,2-3,11-13H2,1H3,(H,25,27). The number of carbonyl (C=O) groups is 2. The molecule has 1 N–H and O–H groups in total. The monoisotopic (exact) mass is 396 g/mol. The van der Waals surface area contributed by atoms with Gasteiger partial charge in [-0.1, -0.05) is 55.3 Å². The number of benzene rings is 2. The van der Waals surface area contributed by atoms with E-state index in [1.54, 1.807) is 0 Å². The van der Waals surface area contributed by atoms with Crippen LogP contribution in [0.3, 0.4) is 0 Å². The van der Waals surface area contributed by atoms with Crippen molar-refractivity contribution >= 4 is 23.4 Å². The van der Waals surface area contributed by atoms with E-state index in [0.717, 1.165) is 36.8 Å². The molecule has 0 saturated heterocycles. The number of fused-ring (bicyclic) bond motifs is 1. The van der Waals surface area contributed by atoms with Crippen LogP contribution in [-0.2, 0) is 4.79 Å². The van der Waals surface area contributed by atoms with Crippen LogP contribution in [0.15, 0.2) is 48.5 Å². The third-order valence-electron chi connectivity index (χ3n) is 5.59. The summed E-state index contributed by atoms with van der Waals surface area (Å²) in [6.07, 6.45) is 3.93. The first kappa shape index (κ1) is 19.0. The molecule has 0 radical (unpaired) electrons. The molecule has 2 aromatic rings. The van der Waals surface area contributed by atoms with Gasteiger partial charge in [0.2, 0.25) is 5.91 Å². The number of nitrogens with zero attached hydrogens (tertiary/aromatic N) is 1. The average Bonchev–Trinajstić information content (AvgIpc) is 3.51. The molecule has 1 saturated carbocycles. The summed E-state index contributed by atoms with van der Waals surface area (Å²) in [7, 11) is 0. The van der Waals surface area contributed by atoms with Crippen LogP contribution in [-0.4, -0.2) is 29.3 Å². The van der Waals surface area contributed by atoms with Crippen molar-refractivity contribution in [2.75, 3.05) is 6.54 Å². The van der Waals surface area contributed by atoms with Gasteiger partial charge in [-0.3, -0.25) is 9.59 Å². The van der Waals surface area contributed by atoms with Crippen LogP contribution in [0.2, 0.25) is 5.02 Å². The Labute approximate surface area is 170 Å². The van der Waals surface area contributed by atoms with Gasteiger partial charge in [-0.15, -0.1) is 0 Å². The number of nitrogens with one attached hydrogen (secondary N) is 1. The molecular formula is C23H25ClN2O2. The molecule has 2 atom stereocenters. The lowest BCUT2D eigenvalue weighted by Gasteiger charge is -2.42. The summed E-state index contributed by atoms with van der Waals surface area (Å²) in [6, 6.07) is 15.0. The molecule has 1 aliphatic heterocycles. The van der Waals surface area contributed by atoms with Crippen molar-refractivity contribution in [3.8, 4) is 0 Å². The van der Waals surface area contributed by atoms with Gasteiger partial charge in [-0.2, -0.15) is 0 Å². The Balaban J connectivity index is 1.84. The molecule has 2 aromatic carbocycles. The van der Waals surface area contributed by atoms with Gasteiger partial charge in [0.1, 0.15) is 0 Å². The third-order valence-corrected chi connectivity index (χ3v) is 5.82. The Morgan fingerprint density at radius 2 is 1.96 bits per heavy atom. The maximum atomic E-state index is 13.4. The van der Waals surface area contributed by atoms with E-state index in [1.165, 1.54) is 0 Å². The topological polar surface area (TPSA) is 49.4 Å². The van der Waals surface area contributed by atoms with Gasteiger partial charge in [0.15, 0.2) is 0 Å². The van der Waals surface area contributed by atoms with Crippen molar-refractivity contribution in [2.45, 2.75) is 50.6 Å². The fraction of sp³-hybridized carbons (Fsp3) is 0.391. The molecule has 2 unspecified atom stereocenters. The Hall–Kier alpha value is -2.33. The highest BCUT2D eigenvalue weighted by Crippen LogP contribution is 2.43. The summed E-state index contributed by atoms with van der Waals surface area (Å²) < 4.78 is 0. The summed E-state index contributed by atoms with van der Waals surface area (Å²) in [5, 5.41) is 3.77. The second-order valence-corrected chi connectivity index (χ2v) is 8.14. The zero-order valence-electron chi connectivity index (χ0n) is 16.0. The zero-order chi connectivity index (χ0) is 19.7. The Morgan fingerprint density at radius 1 is 1.18 bits per heavy atom. The van der Waals surface area contributed by atoms with Crippen LogP contribution in [0.1, 0.15) is 66.1 Å². The zero-order valence-corrected chi connectivity index (χ0v) is 16.8. The highest BCUT2D eigenvalue weighted by molar-refractivity contribution is 6.30. The lowest BCUT2D eigenvalue weighted by molar-refractivity contribution is -0.124. The molecule has 0 aromatic heterocycles. The summed E-state index contributed by atoms with van der Waals surface area (Å²) in [5.74, 6) is -0.455. The number of unbranched alkanes of at least 4 members (excludes halogenated alkanes) is 1. The molecular weight excluding hydrogens is 372 g/mol. The Kier molecular flexibility index (Phi) is 5.40. The SMILES string of the molecule is CCCCN1C(=O)c2ccccc2C(C(=O)NC2CC2)C1c1cccc(Cl)c1. The number of carbonyl (C=O) groups excluding carboxylic acids is 2. The summed E-state index contributed by atoms with van der Waals surface area (Å²) >= 11 is 6.27. The van der Waals surface area contributed by atoms with Gasteiger partial charge in [0.05, 0.1) is 12.0 Å². The molecule has 146 valence electrons. The molecule has 1 aliphatic carbocycles. The molecule has 2 amide bonds. The van der Waals surface area contributed by atoms with Crippen molar-refractivity contribution < 1.29 is 9.59 Å². The maximum absolute atomic E-state index is 13.4. The van der Waals surface area contributed by atoms with Crippen LogP contribution >= 0.6 is 11.6 Å².